The SMILES string of the molecule is Nc1cccc(OCCC(=O)NC2CC(O)C2)c1. The molecule has 1 aromatic carbocycles. The molecule has 5 heteroatoms. The van der Waals surface area contributed by atoms with Crippen LogP contribution in [0.4, 0.5) is 5.69 Å². The number of anilines is 1. The number of aliphatic hydroxyl groups excluding tert-OH is 1. The Morgan fingerprint density at radius 3 is 2.94 bits per heavy atom. The van der Waals surface area contributed by atoms with E-state index in [4.69, 9.17) is 15.6 Å². The van der Waals surface area contributed by atoms with Gasteiger partial charge in [-0.25, -0.2) is 0 Å². The van der Waals surface area contributed by atoms with Crippen molar-refractivity contribution >= 4 is 11.6 Å². The number of nitrogens with one attached hydrogen (secondary N) is 1. The Kier molecular flexibility index (Phi) is 4.04. The molecular weight excluding hydrogens is 232 g/mol. The van der Waals surface area contributed by atoms with Gasteiger partial charge < -0.3 is 20.9 Å². The summed E-state index contributed by atoms with van der Waals surface area (Å²) in [5.41, 5.74) is 6.25. The van der Waals surface area contributed by atoms with Crippen LogP contribution in [-0.4, -0.2) is 29.8 Å². The number of aliphatic hydroxyl groups is 1. The van der Waals surface area contributed by atoms with Gasteiger partial charge in [0.25, 0.3) is 0 Å². The Hall–Kier alpha value is -1.75. The minimum Gasteiger partial charge on any atom is -0.493 e. The van der Waals surface area contributed by atoms with Gasteiger partial charge in [-0.05, 0) is 25.0 Å². The molecule has 18 heavy (non-hydrogen) atoms. The molecule has 98 valence electrons. The Morgan fingerprint density at radius 2 is 2.28 bits per heavy atom. The van der Waals surface area contributed by atoms with E-state index >= 15 is 0 Å². The lowest BCUT2D eigenvalue weighted by atomic mass is 9.89. The highest BCUT2D eigenvalue weighted by molar-refractivity contribution is 5.76. The molecule has 2 rings (SSSR count). The summed E-state index contributed by atoms with van der Waals surface area (Å²) in [6, 6.07) is 7.23. The Morgan fingerprint density at radius 1 is 1.50 bits per heavy atom. The Bertz CT molecular complexity index is 416. The summed E-state index contributed by atoms with van der Waals surface area (Å²) in [7, 11) is 0. The van der Waals surface area contributed by atoms with Crippen LogP contribution in [0.1, 0.15) is 19.3 Å². The number of nitrogens with two attached hydrogens (primary N) is 1. The fraction of sp³-hybridized carbons (Fsp3) is 0.462. The number of ether oxygens (including phenoxy) is 1. The summed E-state index contributed by atoms with van der Waals surface area (Å²) in [6.45, 7) is 0.324. The first kappa shape index (κ1) is 12.7. The largest absolute Gasteiger partial charge is 0.493 e. The maximum absolute atomic E-state index is 11.5. The molecular formula is C13H18N2O3. The van der Waals surface area contributed by atoms with Crippen LogP contribution in [0.5, 0.6) is 5.75 Å². The molecule has 1 amide bonds. The zero-order valence-corrected chi connectivity index (χ0v) is 10.1. The van der Waals surface area contributed by atoms with E-state index in [1.165, 1.54) is 0 Å². The lowest BCUT2D eigenvalue weighted by Gasteiger charge is -2.31. The van der Waals surface area contributed by atoms with Crippen molar-refractivity contribution in [2.45, 2.75) is 31.4 Å². The summed E-state index contributed by atoms with van der Waals surface area (Å²) in [4.78, 5) is 11.5. The fourth-order valence-corrected chi connectivity index (χ4v) is 1.87. The molecule has 0 aromatic heterocycles. The van der Waals surface area contributed by atoms with Crippen LogP contribution in [0.2, 0.25) is 0 Å². The molecule has 0 spiro atoms. The fourth-order valence-electron chi connectivity index (χ4n) is 1.87. The maximum Gasteiger partial charge on any atom is 0.223 e. The minimum atomic E-state index is -0.251. The second-order valence-electron chi connectivity index (χ2n) is 4.56. The number of amides is 1. The van der Waals surface area contributed by atoms with Gasteiger partial charge in [0.05, 0.1) is 19.1 Å². The lowest BCUT2D eigenvalue weighted by Crippen LogP contribution is -2.46. The first-order chi connectivity index (χ1) is 8.63. The van der Waals surface area contributed by atoms with E-state index in [9.17, 15) is 4.79 Å². The predicted octanol–water partition coefficient (Wildman–Crippen LogP) is 0.677. The molecule has 0 bridgehead atoms. The van der Waals surface area contributed by atoms with Crippen molar-refractivity contribution in [1.82, 2.24) is 5.32 Å². The predicted molar refractivity (Wildman–Crippen MR) is 68.1 cm³/mol. The highest BCUT2D eigenvalue weighted by atomic mass is 16.5. The smallest absolute Gasteiger partial charge is 0.223 e. The van der Waals surface area contributed by atoms with Gasteiger partial charge in [0, 0.05) is 17.8 Å². The zero-order chi connectivity index (χ0) is 13.0. The number of hydrogen-bond acceptors (Lipinski definition) is 4. The van der Waals surface area contributed by atoms with E-state index in [0.717, 1.165) is 0 Å². The van der Waals surface area contributed by atoms with E-state index in [-0.39, 0.29) is 18.1 Å². The normalized spacial score (nSPS) is 22.1. The number of carbonyl (C=O) groups excluding carboxylic acids is 1. The van der Waals surface area contributed by atoms with Crippen molar-refractivity contribution in [3.8, 4) is 5.75 Å². The monoisotopic (exact) mass is 250 g/mol. The molecule has 1 saturated carbocycles. The zero-order valence-electron chi connectivity index (χ0n) is 10.1. The summed E-state index contributed by atoms with van der Waals surface area (Å²) >= 11 is 0. The van der Waals surface area contributed by atoms with Gasteiger partial charge in [0.1, 0.15) is 5.75 Å². The molecule has 0 atom stereocenters. The van der Waals surface area contributed by atoms with Crippen LogP contribution in [0, 0.1) is 0 Å². The summed E-state index contributed by atoms with van der Waals surface area (Å²) in [5, 5.41) is 11.9. The Balaban J connectivity index is 1.64. The first-order valence-electron chi connectivity index (χ1n) is 6.09. The van der Waals surface area contributed by atoms with E-state index in [1.54, 1.807) is 24.3 Å². The number of rotatable bonds is 5. The molecule has 1 aromatic rings. The topological polar surface area (TPSA) is 84.6 Å². The van der Waals surface area contributed by atoms with Gasteiger partial charge in [-0.3, -0.25) is 4.79 Å². The van der Waals surface area contributed by atoms with Crippen LogP contribution in [0.15, 0.2) is 24.3 Å². The maximum atomic E-state index is 11.5. The number of benzene rings is 1. The molecule has 1 aliphatic carbocycles. The van der Waals surface area contributed by atoms with Crippen LogP contribution in [0.25, 0.3) is 0 Å². The molecule has 0 aliphatic heterocycles. The van der Waals surface area contributed by atoms with Gasteiger partial charge in [0.2, 0.25) is 5.91 Å². The van der Waals surface area contributed by atoms with Crippen LogP contribution in [-0.2, 0) is 4.79 Å². The highest BCUT2D eigenvalue weighted by Crippen LogP contribution is 2.19. The van der Waals surface area contributed by atoms with Crippen molar-refractivity contribution in [2.24, 2.45) is 0 Å². The number of carbonyl (C=O) groups is 1. The van der Waals surface area contributed by atoms with Gasteiger partial charge >= 0.3 is 0 Å². The van der Waals surface area contributed by atoms with E-state index < -0.39 is 0 Å². The van der Waals surface area contributed by atoms with E-state index in [2.05, 4.69) is 5.32 Å². The van der Waals surface area contributed by atoms with Gasteiger partial charge in [-0.2, -0.15) is 0 Å². The quantitative estimate of drug-likeness (QED) is 0.671. The van der Waals surface area contributed by atoms with Crippen LogP contribution < -0.4 is 15.8 Å². The average molecular weight is 250 g/mol. The molecule has 0 unspecified atom stereocenters. The van der Waals surface area contributed by atoms with Gasteiger partial charge in [-0.1, -0.05) is 6.07 Å². The van der Waals surface area contributed by atoms with Crippen molar-refractivity contribution < 1.29 is 14.6 Å². The van der Waals surface area contributed by atoms with Crippen LogP contribution >= 0.6 is 0 Å². The first-order valence-corrected chi connectivity index (χ1v) is 6.09. The van der Waals surface area contributed by atoms with E-state index in [1.807, 2.05) is 0 Å². The van der Waals surface area contributed by atoms with Gasteiger partial charge in [0.15, 0.2) is 0 Å². The number of hydrogen-bond donors (Lipinski definition) is 3. The van der Waals surface area contributed by atoms with Crippen LogP contribution in [0.3, 0.4) is 0 Å². The summed E-state index contributed by atoms with van der Waals surface area (Å²) in [6.07, 6.45) is 1.37. The van der Waals surface area contributed by atoms with Crippen molar-refractivity contribution in [3.63, 3.8) is 0 Å². The molecule has 1 fully saturated rings. The molecule has 0 saturated heterocycles. The second kappa shape index (κ2) is 5.73. The summed E-state index contributed by atoms with van der Waals surface area (Å²) < 4.78 is 5.42. The van der Waals surface area contributed by atoms with Crippen molar-refractivity contribution in [2.75, 3.05) is 12.3 Å². The Labute approximate surface area is 106 Å². The van der Waals surface area contributed by atoms with Gasteiger partial charge in [-0.15, -0.1) is 0 Å². The van der Waals surface area contributed by atoms with Crippen molar-refractivity contribution in [1.29, 1.82) is 0 Å². The third-order valence-corrected chi connectivity index (χ3v) is 2.93. The molecule has 5 nitrogen and oxygen atoms in total. The molecule has 0 radical (unpaired) electrons. The average Bonchev–Trinajstić information content (AvgIpc) is 2.27. The summed E-state index contributed by atoms with van der Waals surface area (Å²) in [5.74, 6) is 0.623. The van der Waals surface area contributed by atoms with Crippen molar-refractivity contribution in [3.05, 3.63) is 24.3 Å². The third-order valence-electron chi connectivity index (χ3n) is 2.93. The molecule has 4 N–H and O–H groups in total. The molecule has 1 aliphatic rings. The third kappa shape index (κ3) is 3.63. The number of nitrogen functional groups attached to an aromatic ring is 1. The second-order valence-corrected chi connectivity index (χ2v) is 4.56. The highest BCUT2D eigenvalue weighted by Gasteiger charge is 2.28. The molecule has 0 heterocycles. The van der Waals surface area contributed by atoms with E-state index in [0.29, 0.717) is 37.3 Å². The lowest BCUT2D eigenvalue weighted by molar-refractivity contribution is -0.123. The minimum absolute atomic E-state index is 0.0456. The standard InChI is InChI=1S/C13H18N2O3/c14-9-2-1-3-12(6-9)18-5-4-13(17)15-10-7-11(16)8-10/h1-3,6,10-11,16H,4-5,7-8,14H2,(H,15,17).